The number of carbonyl (C=O) groups is 1. The fourth-order valence-electron chi connectivity index (χ4n) is 2.17. The van der Waals surface area contributed by atoms with Crippen molar-refractivity contribution in [3.05, 3.63) is 34.3 Å². The van der Waals surface area contributed by atoms with E-state index in [2.05, 4.69) is 15.9 Å². The average Bonchev–Trinajstić information content (AvgIpc) is 2.29. The summed E-state index contributed by atoms with van der Waals surface area (Å²) >= 11 is 3.41. The molecule has 1 aromatic rings. The number of carbonyl (C=O) groups excluding carboxylic acids is 1. The molecule has 3 nitrogen and oxygen atoms in total. The molecule has 1 fully saturated rings. The van der Waals surface area contributed by atoms with Gasteiger partial charge in [-0.1, -0.05) is 28.1 Å². The Morgan fingerprint density at radius 1 is 1.50 bits per heavy atom. The van der Waals surface area contributed by atoms with Crippen molar-refractivity contribution >= 4 is 34.2 Å². The van der Waals surface area contributed by atoms with E-state index in [-0.39, 0.29) is 24.4 Å². The lowest BCUT2D eigenvalue weighted by Crippen LogP contribution is -2.46. The van der Waals surface area contributed by atoms with Gasteiger partial charge in [0.15, 0.2) is 0 Å². The summed E-state index contributed by atoms with van der Waals surface area (Å²) in [5, 5.41) is 0. The van der Waals surface area contributed by atoms with Crippen LogP contribution in [0.15, 0.2) is 28.7 Å². The van der Waals surface area contributed by atoms with Gasteiger partial charge in [0.1, 0.15) is 0 Å². The van der Waals surface area contributed by atoms with Crippen LogP contribution in [0.1, 0.15) is 18.4 Å². The van der Waals surface area contributed by atoms with Crippen LogP contribution in [-0.4, -0.2) is 29.9 Å². The highest BCUT2D eigenvalue weighted by Gasteiger charge is 2.21. The van der Waals surface area contributed by atoms with Crippen molar-refractivity contribution in [2.45, 2.75) is 25.3 Å². The Hall–Kier alpha value is -0.580. The molecule has 0 aromatic heterocycles. The second kappa shape index (κ2) is 7.12. The monoisotopic (exact) mass is 332 g/mol. The first-order valence-corrected chi connectivity index (χ1v) is 6.72. The van der Waals surface area contributed by atoms with Crippen LogP contribution in [0.25, 0.3) is 0 Å². The molecule has 2 N–H and O–H groups in total. The van der Waals surface area contributed by atoms with Gasteiger partial charge in [-0.15, -0.1) is 12.4 Å². The minimum Gasteiger partial charge on any atom is -0.341 e. The molecule has 0 bridgehead atoms. The molecule has 1 heterocycles. The second-order valence-electron chi connectivity index (χ2n) is 4.55. The van der Waals surface area contributed by atoms with Crippen molar-refractivity contribution in [2.24, 2.45) is 5.73 Å². The van der Waals surface area contributed by atoms with E-state index in [1.807, 2.05) is 29.2 Å². The first-order valence-electron chi connectivity index (χ1n) is 5.93. The van der Waals surface area contributed by atoms with Gasteiger partial charge in [-0.3, -0.25) is 4.79 Å². The fraction of sp³-hybridized carbons (Fsp3) is 0.462. The molecular formula is C13H18BrClN2O. The third kappa shape index (κ3) is 4.26. The van der Waals surface area contributed by atoms with Crippen LogP contribution in [-0.2, 0) is 11.2 Å². The summed E-state index contributed by atoms with van der Waals surface area (Å²) in [7, 11) is 0. The summed E-state index contributed by atoms with van der Waals surface area (Å²) < 4.78 is 1.01. The molecule has 18 heavy (non-hydrogen) atoms. The maximum absolute atomic E-state index is 12.1. The molecule has 0 unspecified atom stereocenters. The number of amides is 1. The Kier molecular flexibility index (Phi) is 6.12. The lowest BCUT2D eigenvalue weighted by molar-refractivity contribution is -0.131. The number of likely N-dealkylation sites (tertiary alicyclic amines) is 1. The number of halogens is 2. The maximum Gasteiger partial charge on any atom is 0.227 e. The van der Waals surface area contributed by atoms with Gasteiger partial charge >= 0.3 is 0 Å². The number of hydrogen-bond donors (Lipinski definition) is 1. The van der Waals surface area contributed by atoms with Crippen LogP contribution in [0, 0.1) is 0 Å². The summed E-state index contributed by atoms with van der Waals surface area (Å²) in [6.07, 6.45) is 2.51. The Bertz CT molecular complexity index is 414. The molecule has 1 aliphatic rings. The van der Waals surface area contributed by atoms with E-state index in [1.54, 1.807) is 0 Å². The van der Waals surface area contributed by atoms with Gasteiger partial charge in [0.25, 0.3) is 0 Å². The number of piperidine rings is 1. The minimum absolute atomic E-state index is 0. The van der Waals surface area contributed by atoms with E-state index in [0.29, 0.717) is 13.0 Å². The standard InChI is InChI=1S/C13H17BrN2O.ClH/c14-11-4-1-3-10(7-11)8-13(17)16-6-2-5-12(15)9-16;/h1,3-4,7,12H,2,5-6,8-9,15H2;1H/t12-;/m1./s1. The molecule has 0 saturated carbocycles. The third-order valence-corrected chi connectivity index (χ3v) is 3.55. The number of rotatable bonds is 2. The summed E-state index contributed by atoms with van der Waals surface area (Å²) in [4.78, 5) is 14.0. The SMILES string of the molecule is Cl.N[C@@H]1CCCN(C(=O)Cc2cccc(Br)c2)C1. The summed E-state index contributed by atoms with van der Waals surface area (Å²) in [6.45, 7) is 1.55. The quantitative estimate of drug-likeness (QED) is 0.903. The highest BCUT2D eigenvalue weighted by Crippen LogP contribution is 2.14. The molecule has 1 amide bonds. The predicted molar refractivity (Wildman–Crippen MR) is 78.9 cm³/mol. The number of nitrogens with zero attached hydrogens (tertiary/aromatic N) is 1. The van der Waals surface area contributed by atoms with Crippen LogP contribution in [0.4, 0.5) is 0 Å². The maximum atomic E-state index is 12.1. The Morgan fingerprint density at radius 3 is 2.94 bits per heavy atom. The summed E-state index contributed by atoms with van der Waals surface area (Å²) in [5.74, 6) is 0.179. The van der Waals surface area contributed by atoms with Crippen molar-refractivity contribution < 1.29 is 4.79 Å². The van der Waals surface area contributed by atoms with Crippen molar-refractivity contribution in [2.75, 3.05) is 13.1 Å². The van der Waals surface area contributed by atoms with Gasteiger partial charge in [-0.05, 0) is 30.5 Å². The van der Waals surface area contributed by atoms with E-state index < -0.39 is 0 Å². The minimum atomic E-state index is 0. The largest absolute Gasteiger partial charge is 0.341 e. The molecule has 5 heteroatoms. The van der Waals surface area contributed by atoms with Crippen molar-refractivity contribution in [3.63, 3.8) is 0 Å². The predicted octanol–water partition coefficient (Wildman–Crippen LogP) is 2.36. The highest BCUT2D eigenvalue weighted by molar-refractivity contribution is 9.10. The zero-order chi connectivity index (χ0) is 12.3. The zero-order valence-corrected chi connectivity index (χ0v) is 12.5. The molecule has 0 aliphatic carbocycles. The van der Waals surface area contributed by atoms with E-state index >= 15 is 0 Å². The molecule has 0 spiro atoms. The van der Waals surface area contributed by atoms with Gasteiger partial charge in [0.05, 0.1) is 6.42 Å². The van der Waals surface area contributed by atoms with Gasteiger partial charge in [-0.2, -0.15) is 0 Å². The lowest BCUT2D eigenvalue weighted by atomic mass is 10.1. The van der Waals surface area contributed by atoms with Crippen LogP contribution in [0.2, 0.25) is 0 Å². The number of nitrogens with two attached hydrogens (primary N) is 1. The van der Waals surface area contributed by atoms with E-state index in [0.717, 1.165) is 29.4 Å². The second-order valence-corrected chi connectivity index (χ2v) is 5.46. The van der Waals surface area contributed by atoms with Gasteiger partial charge in [-0.25, -0.2) is 0 Å². The van der Waals surface area contributed by atoms with Crippen molar-refractivity contribution in [3.8, 4) is 0 Å². The Balaban J connectivity index is 0.00000162. The van der Waals surface area contributed by atoms with E-state index in [1.165, 1.54) is 0 Å². The molecule has 1 aliphatic heterocycles. The topological polar surface area (TPSA) is 46.3 Å². The number of hydrogen-bond acceptors (Lipinski definition) is 2. The lowest BCUT2D eigenvalue weighted by Gasteiger charge is -2.30. The summed E-state index contributed by atoms with van der Waals surface area (Å²) in [5.41, 5.74) is 6.92. The van der Waals surface area contributed by atoms with E-state index in [9.17, 15) is 4.79 Å². The van der Waals surface area contributed by atoms with Crippen LogP contribution >= 0.6 is 28.3 Å². The van der Waals surface area contributed by atoms with Gasteiger partial charge < -0.3 is 10.6 Å². The normalized spacial score (nSPS) is 19.2. The first kappa shape index (κ1) is 15.5. The average molecular weight is 334 g/mol. The van der Waals surface area contributed by atoms with Crippen LogP contribution < -0.4 is 5.73 Å². The molecular weight excluding hydrogens is 316 g/mol. The molecule has 0 radical (unpaired) electrons. The van der Waals surface area contributed by atoms with Gasteiger partial charge in [0, 0.05) is 23.6 Å². The van der Waals surface area contributed by atoms with Gasteiger partial charge in [0.2, 0.25) is 5.91 Å². The molecule has 100 valence electrons. The van der Waals surface area contributed by atoms with Crippen LogP contribution in [0.3, 0.4) is 0 Å². The van der Waals surface area contributed by atoms with Crippen molar-refractivity contribution in [1.82, 2.24) is 4.90 Å². The van der Waals surface area contributed by atoms with E-state index in [4.69, 9.17) is 5.73 Å². The fourth-order valence-corrected chi connectivity index (χ4v) is 2.62. The Morgan fingerprint density at radius 2 is 2.28 bits per heavy atom. The molecule has 1 aromatic carbocycles. The number of benzene rings is 1. The smallest absolute Gasteiger partial charge is 0.227 e. The molecule has 2 rings (SSSR count). The highest BCUT2D eigenvalue weighted by atomic mass is 79.9. The zero-order valence-electron chi connectivity index (χ0n) is 10.1. The Labute approximate surface area is 122 Å². The molecule has 1 atom stereocenters. The molecule has 1 saturated heterocycles. The third-order valence-electron chi connectivity index (χ3n) is 3.05. The summed E-state index contributed by atoms with van der Waals surface area (Å²) in [6, 6.07) is 8.03. The van der Waals surface area contributed by atoms with Crippen molar-refractivity contribution in [1.29, 1.82) is 0 Å². The van der Waals surface area contributed by atoms with Crippen LogP contribution in [0.5, 0.6) is 0 Å². The first-order chi connectivity index (χ1) is 8.15.